The molecule has 0 aromatic carbocycles. The van der Waals surface area contributed by atoms with Crippen molar-refractivity contribution in [2.24, 2.45) is 17.8 Å². The van der Waals surface area contributed by atoms with Gasteiger partial charge in [-0.3, -0.25) is 0 Å². The van der Waals surface area contributed by atoms with Gasteiger partial charge in [0.15, 0.2) is 11.5 Å². The van der Waals surface area contributed by atoms with Crippen LogP contribution in [0.5, 0.6) is 0 Å². The molecule has 4 aromatic rings. The highest BCUT2D eigenvalue weighted by Gasteiger charge is 2.36. The van der Waals surface area contributed by atoms with Gasteiger partial charge in [0.2, 0.25) is 0 Å². The van der Waals surface area contributed by atoms with Gasteiger partial charge in [0.05, 0.1) is 17.1 Å². The average Bonchev–Trinajstić information content (AvgIpc) is 3.38. The highest BCUT2D eigenvalue weighted by molar-refractivity contribution is 6.29. The predicted octanol–water partition coefficient (Wildman–Crippen LogP) is 5.67. The topological polar surface area (TPSA) is 84.3 Å². The molecule has 0 spiro atoms. The molecule has 3 aliphatic carbocycles. The molecule has 1 unspecified atom stereocenters. The maximum atomic E-state index is 6.15. The second kappa shape index (κ2) is 7.73. The standard InChI is InChI=1S/C24H28ClN7/c1-13(2)12-32-8-7-16-21(28-18-9-14-3-5-15(18)6-4-14)30-22(31-24(16)32)17-10-26-23-20(17)29-19(25)11-27-23/h7-8,10-11,13-15,18H,3-6,9,12H2,1-2H3,(H,26,27)(H,28,30,31). The lowest BCUT2D eigenvalue weighted by molar-refractivity contribution is 0.157. The van der Waals surface area contributed by atoms with Crippen LogP contribution in [0, 0.1) is 17.8 Å². The Bertz CT molecular complexity index is 1280. The number of hydrogen-bond acceptors (Lipinski definition) is 5. The fourth-order valence-electron chi connectivity index (χ4n) is 5.61. The number of fused-ring (bicyclic) bond motifs is 5. The molecule has 1 atom stereocenters. The van der Waals surface area contributed by atoms with Crippen molar-refractivity contribution in [1.29, 1.82) is 0 Å². The van der Waals surface area contributed by atoms with E-state index in [1.165, 1.54) is 32.1 Å². The number of anilines is 1. The lowest BCUT2D eigenvalue weighted by atomic mass is 9.68. The lowest BCUT2D eigenvalue weighted by Gasteiger charge is -2.42. The summed E-state index contributed by atoms with van der Waals surface area (Å²) in [6, 6.07) is 2.63. The Morgan fingerprint density at radius 3 is 2.78 bits per heavy atom. The minimum absolute atomic E-state index is 0.360. The minimum Gasteiger partial charge on any atom is -0.366 e. The first-order valence-corrected chi connectivity index (χ1v) is 12.1. The molecule has 3 aliphatic rings. The first-order valence-electron chi connectivity index (χ1n) is 11.7. The van der Waals surface area contributed by atoms with Crippen molar-refractivity contribution in [2.75, 3.05) is 5.32 Å². The quantitative estimate of drug-likeness (QED) is 0.410. The smallest absolute Gasteiger partial charge is 0.167 e. The van der Waals surface area contributed by atoms with Gasteiger partial charge in [-0.15, -0.1) is 0 Å². The number of H-pyrrole nitrogens is 1. The van der Waals surface area contributed by atoms with Gasteiger partial charge < -0.3 is 14.9 Å². The number of halogens is 1. The number of rotatable bonds is 5. The normalized spacial score (nSPS) is 22.9. The van der Waals surface area contributed by atoms with Crippen molar-refractivity contribution in [3.63, 3.8) is 0 Å². The zero-order valence-electron chi connectivity index (χ0n) is 18.5. The monoisotopic (exact) mass is 449 g/mol. The number of nitrogens with zero attached hydrogens (tertiary/aromatic N) is 5. The number of hydrogen-bond donors (Lipinski definition) is 2. The Morgan fingerprint density at radius 1 is 1.19 bits per heavy atom. The molecule has 3 fully saturated rings. The molecule has 0 aliphatic heterocycles. The van der Waals surface area contributed by atoms with Crippen molar-refractivity contribution in [2.45, 2.75) is 58.5 Å². The molecule has 2 N–H and O–H groups in total. The number of aromatic amines is 1. The molecule has 2 bridgehead atoms. The van der Waals surface area contributed by atoms with Crippen LogP contribution in [-0.4, -0.2) is 35.5 Å². The Balaban J connectivity index is 1.48. The predicted molar refractivity (Wildman–Crippen MR) is 128 cm³/mol. The Kier molecular flexibility index (Phi) is 4.82. The Labute approximate surface area is 192 Å². The van der Waals surface area contributed by atoms with E-state index in [1.807, 2.05) is 6.20 Å². The zero-order valence-corrected chi connectivity index (χ0v) is 19.2. The van der Waals surface area contributed by atoms with Crippen LogP contribution in [0.2, 0.25) is 5.15 Å². The van der Waals surface area contributed by atoms with Crippen LogP contribution in [0.4, 0.5) is 5.82 Å². The third-order valence-electron chi connectivity index (χ3n) is 7.14. The fourth-order valence-corrected chi connectivity index (χ4v) is 5.74. The van der Waals surface area contributed by atoms with Gasteiger partial charge in [0.25, 0.3) is 0 Å². The highest BCUT2D eigenvalue weighted by Crippen LogP contribution is 2.43. The van der Waals surface area contributed by atoms with Crippen LogP contribution in [0.25, 0.3) is 33.6 Å². The van der Waals surface area contributed by atoms with Gasteiger partial charge in [-0.05, 0) is 43.1 Å². The SMILES string of the molecule is CC(C)Cn1ccc2c(NC3CC4CCC3CC4)nc(-c3c[nH]c4ncc(Cl)nc34)nc21. The van der Waals surface area contributed by atoms with E-state index < -0.39 is 0 Å². The fraction of sp³-hybridized carbons (Fsp3) is 0.500. The Morgan fingerprint density at radius 2 is 2.03 bits per heavy atom. The van der Waals surface area contributed by atoms with Gasteiger partial charge in [-0.1, -0.05) is 38.3 Å². The van der Waals surface area contributed by atoms with Crippen molar-refractivity contribution < 1.29 is 0 Å². The van der Waals surface area contributed by atoms with Crippen LogP contribution < -0.4 is 5.32 Å². The molecule has 0 radical (unpaired) electrons. The first kappa shape index (κ1) is 20.0. The van der Waals surface area contributed by atoms with Crippen LogP contribution in [-0.2, 0) is 6.54 Å². The molecule has 0 amide bonds. The summed E-state index contributed by atoms with van der Waals surface area (Å²) in [5, 5.41) is 5.29. The molecule has 32 heavy (non-hydrogen) atoms. The van der Waals surface area contributed by atoms with E-state index in [0.717, 1.165) is 40.8 Å². The van der Waals surface area contributed by atoms with E-state index >= 15 is 0 Å². The highest BCUT2D eigenvalue weighted by atomic mass is 35.5. The largest absolute Gasteiger partial charge is 0.366 e. The summed E-state index contributed by atoms with van der Waals surface area (Å²) in [5.74, 6) is 3.68. The van der Waals surface area contributed by atoms with Gasteiger partial charge >= 0.3 is 0 Å². The summed E-state index contributed by atoms with van der Waals surface area (Å²) < 4.78 is 2.23. The Hall–Kier alpha value is -2.67. The van der Waals surface area contributed by atoms with Crippen molar-refractivity contribution >= 4 is 39.6 Å². The second-order valence-electron chi connectivity index (χ2n) is 9.85. The van der Waals surface area contributed by atoms with Crippen LogP contribution in [0.3, 0.4) is 0 Å². The average molecular weight is 450 g/mol. The summed E-state index contributed by atoms with van der Waals surface area (Å²) in [7, 11) is 0. The summed E-state index contributed by atoms with van der Waals surface area (Å²) in [5.41, 5.74) is 3.16. The van der Waals surface area contributed by atoms with Crippen molar-refractivity contribution in [3.05, 3.63) is 29.8 Å². The molecule has 4 heterocycles. The molecular weight excluding hydrogens is 422 g/mol. The number of nitrogens with one attached hydrogen (secondary N) is 2. The summed E-state index contributed by atoms with van der Waals surface area (Å²) >= 11 is 6.15. The third-order valence-corrected chi connectivity index (χ3v) is 7.32. The van der Waals surface area contributed by atoms with Crippen molar-refractivity contribution in [1.82, 2.24) is 29.5 Å². The zero-order chi connectivity index (χ0) is 21.8. The molecule has 3 saturated carbocycles. The summed E-state index contributed by atoms with van der Waals surface area (Å²) in [4.78, 5) is 22.0. The van der Waals surface area contributed by atoms with Crippen LogP contribution >= 0.6 is 11.6 Å². The molecule has 8 heteroatoms. The van der Waals surface area contributed by atoms with Crippen LogP contribution in [0.1, 0.15) is 46.0 Å². The van der Waals surface area contributed by atoms with E-state index in [1.54, 1.807) is 6.20 Å². The van der Waals surface area contributed by atoms with Crippen LogP contribution in [0.15, 0.2) is 24.7 Å². The third kappa shape index (κ3) is 3.43. The van der Waals surface area contributed by atoms with E-state index in [4.69, 9.17) is 21.6 Å². The summed E-state index contributed by atoms with van der Waals surface area (Å²) in [6.45, 7) is 5.36. The molecule has 7 nitrogen and oxygen atoms in total. The number of aromatic nitrogens is 6. The van der Waals surface area contributed by atoms with Crippen molar-refractivity contribution in [3.8, 4) is 11.4 Å². The minimum atomic E-state index is 0.360. The molecule has 4 aromatic heterocycles. The van der Waals surface area contributed by atoms with E-state index in [0.29, 0.717) is 34.1 Å². The first-order chi connectivity index (χ1) is 15.5. The summed E-state index contributed by atoms with van der Waals surface area (Å²) in [6.07, 6.45) is 12.2. The van der Waals surface area contributed by atoms with E-state index in [9.17, 15) is 0 Å². The van der Waals surface area contributed by atoms with E-state index in [2.05, 4.69) is 50.9 Å². The second-order valence-corrected chi connectivity index (χ2v) is 10.2. The molecule has 166 valence electrons. The van der Waals surface area contributed by atoms with Gasteiger partial charge in [0.1, 0.15) is 22.1 Å². The molecule has 7 rings (SSSR count). The molecular formula is C24H28ClN7. The van der Waals surface area contributed by atoms with Gasteiger partial charge in [0, 0.05) is 25.0 Å². The molecule has 0 saturated heterocycles. The van der Waals surface area contributed by atoms with Gasteiger partial charge in [-0.25, -0.2) is 19.9 Å². The van der Waals surface area contributed by atoms with Gasteiger partial charge in [-0.2, -0.15) is 0 Å². The maximum absolute atomic E-state index is 6.15. The lowest BCUT2D eigenvalue weighted by Crippen LogP contribution is -2.40. The maximum Gasteiger partial charge on any atom is 0.167 e. The van der Waals surface area contributed by atoms with E-state index in [-0.39, 0.29) is 0 Å².